The van der Waals surface area contributed by atoms with Gasteiger partial charge >= 0.3 is 0 Å². The lowest BCUT2D eigenvalue weighted by Gasteiger charge is -2.08. The second-order valence-electron chi connectivity index (χ2n) is 4.44. The Morgan fingerprint density at radius 2 is 1.75 bits per heavy atom. The minimum Gasteiger partial charge on any atom is -0.312 e. The van der Waals surface area contributed by atoms with Crippen LogP contribution in [0.5, 0.6) is 0 Å². The molecule has 2 aromatic rings. The molecule has 1 nitrogen and oxygen atoms in total. The highest BCUT2D eigenvalue weighted by Gasteiger charge is 2.02. The summed E-state index contributed by atoms with van der Waals surface area (Å²) < 4.78 is 27.0. The van der Waals surface area contributed by atoms with Crippen molar-refractivity contribution in [2.45, 2.75) is 13.0 Å². The van der Waals surface area contributed by atoms with Crippen molar-refractivity contribution in [1.82, 2.24) is 5.32 Å². The number of halogens is 4. The van der Waals surface area contributed by atoms with E-state index in [1.54, 1.807) is 0 Å². The summed E-state index contributed by atoms with van der Waals surface area (Å²) >= 11 is 9.46. The smallest absolute Gasteiger partial charge is 0.126 e. The average molecular weight is 361 g/mol. The van der Waals surface area contributed by atoms with E-state index in [0.717, 1.165) is 16.1 Å². The van der Waals surface area contributed by atoms with Crippen LogP contribution in [0, 0.1) is 11.6 Å². The second-order valence-corrected chi connectivity index (χ2v) is 5.76. The van der Waals surface area contributed by atoms with Gasteiger partial charge in [0, 0.05) is 22.1 Å². The van der Waals surface area contributed by atoms with Crippen molar-refractivity contribution >= 4 is 27.5 Å². The predicted octanol–water partition coefficient (Wildman–Crippen LogP) is 4.71. The van der Waals surface area contributed by atoms with Gasteiger partial charge in [-0.3, -0.25) is 0 Å². The molecule has 0 aromatic heterocycles. The highest BCUT2D eigenvalue weighted by Crippen LogP contribution is 2.20. The molecule has 0 heterocycles. The van der Waals surface area contributed by atoms with Crippen molar-refractivity contribution in [3.8, 4) is 0 Å². The van der Waals surface area contributed by atoms with E-state index in [2.05, 4.69) is 21.2 Å². The summed E-state index contributed by atoms with van der Waals surface area (Å²) in [6.45, 7) is 1.22. The molecule has 0 atom stereocenters. The van der Waals surface area contributed by atoms with Crippen molar-refractivity contribution in [1.29, 1.82) is 0 Å². The molecule has 5 heteroatoms. The van der Waals surface area contributed by atoms with Gasteiger partial charge in [0.15, 0.2) is 0 Å². The van der Waals surface area contributed by atoms with Gasteiger partial charge in [-0.05, 0) is 54.4 Å². The Morgan fingerprint density at radius 3 is 2.45 bits per heavy atom. The van der Waals surface area contributed by atoms with E-state index in [4.69, 9.17) is 11.6 Å². The molecule has 0 amide bonds. The minimum absolute atomic E-state index is 0.546. The molecule has 0 spiro atoms. The van der Waals surface area contributed by atoms with E-state index in [0.29, 0.717) is 30.1 Å². The molecule has 106 valence electrons. The Morgan fingerprint density at radius 1 is 1.05 bits per heavy atom. The van der Waals surface area contributed by atoms with Gasteiger partial charge in [0.2, 0.25) is 0 Å². The molecular formula is C15H13BrClF2N. The third-order valence-corrected chi connectivity index (χ3v) is 3.70. The third-order valence-electron chi connectivity index (χ3n) is 2.84. The first-order chi connectivity index (χ1) is 9.54. The third kappa shape index (κ3) is 4.54. The van der Waals surface area contributed by atoms with E-state index in [9.17, 15) is 8.78 Å². The Labute approximate surface area is 130 Å². The molecule has 0 unspecified atom stereocenters. The van der Waals surface area contributed by atoms with Gasteiger partial charge in [0.1, 0.15) is 11.6 Å². The van der Waals surface area contributed by atoms with E-state index < -0.39 is 11.6 Å². The Bertz CT molecular complexity index is 584. The van der Waals surface area contributed by atoms with Crippen LogP contribution in [0.25, 0.3) is 0 Å². The Balaban J connectivity index is 1.86. The Hall–Kier alpha value is -0.970. The van der Waals surface area contributed by atoms with Gasteiger partial charge in [-0.15, -0.1) is 0 Å². The molecule has 0 fully saturated rings. The fourth-order valence-corrected chi connectivity index (χ4v) is 2.48. The fourth-order valence-electron chi connectivity index (χ4n) is 1.89. The topological polar surface area (TPSA) is 12.0 Å². The summed E-state index contributed by atoms with van der Waals surface area (Å²) in [5, 5.41) is 3.90. The first-order valence-electron chi connectivity index (χ1n) is 6.14. The van der Waals surface area contributed by atoms with Crippen LogP contribution in [0.15, 0.2) is 40.9 Å². The van der Waals surface area contributed by atoms with Crippen LogP contribution in [0.2, 0.25) is 5.02 Å². The molecule has 0 bridgehead atoms. The monoisotopic (exact) mass is 359 g/mol. The molecule has 0 radical (unpaired) electrons. The molecule has 0 saturated carbocycles. The zero-order valence-electron chi connectivity index (χ0n) is 10.6. The van der Waals surface area contributed by atoms with Gasteiger partial charge < -0.3 is 5.32 Å². The summed E-state index contributed by atoms with van der Waals surface area (Å²) in [5.41, 5.74) is 1.61. The molecule has 2 rings (SSSR count). The summed E-state index contributed by atoms with van der Waals surface area (Å²) in [6, 6.07) is 9.20. The first kappa shape index (κ1) is 15.4. The van der Waals surface area contributed by atoms with Crippen molar-refractivity contribution in [3.63, 3.8) is 0 Å². The molecule has 0 saturated heterocycles. The van der Waals surface area contributed by atoms with E-state index in [1.807, 2.05) is 18.2 Å². The molecule has 2 aromatic carbocycles. The lowest BCUT2D eigenvalue weighted by molar-refractivity contribution is 0.577. The van der Waals surface area contributed by atoms with Crippen molar-refractivity contribution in [2.75, 3.05) is 6.54 Å². The highest BCUT2D eigenvalue weighted by atomic mass is 79.9. The van der Waals surface area contributed by atoms with Gasteiger partial charge in [-0.2, -0.15) is 0 Å². The van der Waals surface area contributed by atoms with Crippen molar-refractivity contribution < 1.29 is 8.78 Å². The van der Waals surface area contributed by atoms with Gasteiger partial charge in [-0.25, -0.2) is 8.78 Å². The molecule has 1 N–H and O–H groups in total. The lowest BCUT2D eigenvalue weighted by Crippen LogP contribution is -2.17. The number of hydrogen-bond donors (Lipinski definition) is 1. The first-order valence-corrected chi connectivity index (χ1v) is 7.31. The number of nitrogens with one attached hydrogen (secondary N) is 1. The van der Waals surface area contributed by atoms with Crippen LogP contribution in [0.4, 0.5) is 8.78 Å². The van der Waals surface area contributed by atoms with Gasteiger partial charge in [0.05, 0.1) is 0 Å². The van der Waals surface area contributed by atoms with E-state index >= 15 is 0 Å². The molecular weight excluding hydrogens is 348 g/mol. The van der Waals surface area contributed by atoms with Crippen LogP contribution >= 0.6 is 27.5 Å². The van der Waals surface area contributed by atoms with Crippen molar-refractivity contribution in [2.24, 2.45) is 0 Å². The number of benzene rings is 2. The van der Waals surface area contributed by atoms with Gasteiger partial charge in [-0.1, -0.05) is 27.5 Å². The SMILES string of the molecule is Fc1cc(F)cc(CCNCc2cc(Br)ccc2Cl)c1. The average Bonchev–Trinajstić information content (AvgIpc) is 2.37. The molecule has 0 aliphatic carbocycles. The largest absolute Gasteiger partial charge is 0.312 e. The van der Waals surface area contributed by atoms with Gasteiger partial charge in [0.25, 0.3) is 0 Å². The summed E-state index contributed by atoms with van der Waals surface area (Å²) in [7, 11) is 0. The molecule has 0 aliphatic heterocycles. The van der Waals surface area contributed by atoms with Crippen LogP contribution < -0.4 is 5.32 Å². The summed E-state index contributed by atoms with van der Waals surface area (Å²) in [5.74, 6) is -1.09. The standard InChI is InChI=1S/C15H13BrClF2N/c16-12-1-2-15(17)11(7-12)9-20-4-3-10-5-13(18)8-14(19)6-10/h1-2,5-8,20H,3-4,9H2. The second kappa shape index (κ2) is 7.16. The van der Waals surface area contributed by atoms with Crippen LogP contribution in [-0.2, 0) is 13.0 Å². The maximum atomic E-state index is 13.0. The minimum atomic E-state index is -0.546. The van der Waals surface area contributed by atoms with Crippen molar-refractivity contribution in [3.05, 3.63) is 68.7 Å². The quantitative estimate of drug-likeness (QED) is 0.761. The van der Waals surface area contributed by atoms with Crippen LogP contribution in [0.3, 0.4) is 0 Å². The molecule has 0 aliphatic rings. The lowest BCUT2D eigenvalue weighted by atomic mass is 10.1. The van der Waals surface area contributed by atoms with Crippen LogP contribution in [0.1, 0.15) is 11.1 Å². The predicted molar refractivity (Wildman–Crippen MR) is 80.9 cm³/mol. The Kier molecular flexibility index (Phi) is 5.52. The zero-order chi connectivity index (χ0) is 14.5. The van der Waals surface area contributed by atoms with E-state index in [1.165, 1.54) is 12.1 Å². The maximum Gasteiger partial charge on any atom is 0.126 e. The van der Waals surface area contributed by atoms with E-state index in [-0.39, 0.29) is 0 Å². The fraction of sp³-hybridized carbons (Fsp3) is 0.200. The highest BCUT2D eigenvalue weighted by molar-refractivity contribution is 9.10. The zero-order valence-corrected chi connectivity index (χ0v) is 12.9. The molecule has 20 heavy (non-hydrogen) atoms. The van der Waals surface area contributed by atoms with Crippen LogP contribution in [-0.4, -0.2) is 6.54 Å². The number of rotatable bonds is 5. The summed E-state index contributed by atoms with van der Waals surface area (Å²) in [6.07, 6.45) is 0.556. The maximum absolute atomic E-state index is 13.0. The summed E-state index contributed by atoms with van der Waals surface area (Å²) in [4.78, 5) is 0. The normalized spacial score (nSPS) is 10.8. The number of hydrogen-bond acceptors (Lipinski definition) is 1.